The summed E-state index contributed by atoms with van der Waals surface area (Å²) in [5, 5.41) is 2.79. The van der Waals surface area contributed by atoms with Gasteiger partial charge in [-0.1, -0.05) is 18.2 Å². The lowest BCUT2D eigenvalue weighted by Crippen LogP contribution is -2.28. The van der Waals surface area contributed by atoms with Gasteiger partial charge in [-0.3, -0.25) is 14.6 Å². The Morgan fingerprint density at radius 1 is 1.03 bits per heavy atom. The van der Waals surface area contributed by atoms with Crippen LogP contribution in [0.5, 0.6) is 17.2 Å². The predicted molar refractivity (Wildman–Crippen MR) is 117 cm³/mol. The molecule has 7 heteroatoms. The second kappa shape index (κ2) is 9.30. The summed E-state index contributed by atoms with van der Waals surface area (Å²) in [6.45, 7) is 2.97. The number of rotatable bonds is 7. The maximum atomic E-state index is 12.4. The molecule has 1 aromatic heterocycles. The number of carbonyl (C=O) groups excluding carboxylic acids is 2. The van der Waals surface area contributed by atoms with Crippen LogP contribution in [0.1, 0.15) is 23.0 Å². The second-order valence-electron chi connectivity index (χ2n) is 7.11. The van der Waals surface area contributed by atoms with Crippen LogP contribution in [0.4, 0.5) is 5.69 Å². The van der Waals surface area contributed by atoms with Crippen LogP contribution in [0.2, 0.25) is 0 Å². The summed E-state index contributed by atoms with van der Waals surface area (Å²) in [5.74, 6) is 1.66. The topological polar surface area (TPSA) is 80.8 Å². The van der Waals surface area contributed by atoms with E-state index in [1.54, 1.807) is 24.0 Å². The number of hydrogen-bond acceptors (Lipinski definition) is 5. The number of hydrogen-bond donors (Lipinski definition) is 1. The molecule has 0 aliphatic carbocycles. The van der Waals surface area contributed by atoms with Gasteiger partial charge in [-0.15, -0.1) is 0 Å². The SMILES string of the molecule is CC(=O)N1CCc2cc(Oc3ccnc(C(=O)NCCOc4ccccc4)c3)ccc21. The molecule has 0 unspecified atom stereocenters. The largest absolute Gasteiger partial charge is 0.492 e. The van der Waals surface area contributed by atoms with E-state index in [4.69, 9.17) is 9.47 Å². The number of nitrogens with one attached hydrogen (secondary N) is 1. The number of pyridine rings is 1. The van der Waals surface area contributed by atoms with E-state index in [2.05, 4.69) is 10.3 Å². The summed E-state index contributed by atoms with van der Waals surface area (Å²) in [6, 6.07) is 18.4. The van der Waals surface area contributed by atoms with Crippen LogP contribution < -0.4 is 19.7 Å². The van der Waals surface area contributed by atoms with E-state index in [0.717, 1.165) is 23.4 Å². The maximum absolute atomic E-state index is 12.4. The Hall–Kier alpha value is -3.87. The van der Waals surface area contributed by atoms with Gasteiger partial charge in [-0.05, 0) is 48.4 Å². The molecule has 1 N–H and O–H groups in total. The highest BCUT2D eigenvalue weighted by molar-refractivity contribution is 5.94. The summed E-state index contributed by atoms with van der Waals surface area (Å²) in [5.41, 5.74) is 2.26. The fourth-order valence-electron chi connectivity index (χ4n) is 3.44. The highest BCUT2D eigenvalue weighted by atomic mass is 16.5. The fourth-order valence-corrected chi connectivity index (χ4v) is 3.44. The molecule has 0 atom stereocenters. The average Bonchev–Trinajstić information content (AvgIpc) is 3.21. The third kappa shape index (κ3) is 5.01. The van der Waals surface area contributed by atoms with Crippen molar-refractivity contribution in [2.45, 2.75) is 13.3 Å². The summed E-state index contributed by atoms with van der Waals surface area (Å²) in [4.78, 5) is 30.0. The van der Waals surface area contributed by atoms with Crippen molar-refractivity contribution >= 4 is 17.5 Å². The van der Waals surface area contributed by atoms with E-state index in [1.807, 2.05) is 48.5 Å². The van der Waals surface area contributed by atoms with Crippen LogP contribution in [0, 0.1) is 0 Å². The lowest BCUT2D eigenvalue weighted by Gasteiger charge is -2.15. The van der Waals surface area contributed by atoms with Gasteiger partial charge in [0.25, 0.3) is 5.91 Å². The van der Waals surface area contributed by atoms with E-state index >= 15 is 0 Å². The first-order chi connectivity index (χ1) is 15.1. The van der Waals surface area contributed by atoms with Crippen LogP contribution in [0.15, 0.2) is 66.9 Å². The minimum atomic E-state index is -0.298. The van der Waals surface area contributed by atoms with Crippen molar-refractivity contribution in [3.8, 4) is 17.2 Å². The first kappa shape index (κ1) is 20.4. The highest BCUT2D eigenvalue weighted by Gasteiger charge is 2.22. The number of ether oxygens (including phenoxy) is 2. The Balaban J connectivity index is 1.34. The number of para-hydroxylation sites is 1. The number of carbonyl (C=O) groups is 2. The molecular formula is C24H23N3O4. The lowest BCUT2D eigenvalue weighted by molar-refractivity contribution is -0.116. The highest BCUT2D eigenvalue weighted by Crippen LogP contribution is 2.33. The molecule has 4 rings (SSSR count). The van der Waals surface area contributed by atoms with Gasteiger partial charge in [0.2, 0.25) is 5.91 Å². The Morgan fingerprint density at radius 2 is 1.84 bits per heavy atom. The van der Waals surface area contributed by atoms with Crippen LogP contribution in [-0.4, -0.2) is 36.5 Å². The monoisotopic (exact) mass is 417 g/mol. The van der Waals surface area contributed by atoms with Gasteiger partial charge in [0, 0.05) is 31.4 Å². The molecule has 31 heavy (non-hydrogen) atoms. The van der Waals surface area contributed by atoms with Crippen molar-refractivity contribution in [1.82, 2.24) is 10.3 Å². The van der Waals surface area contributed by atoms with E-state index < -0.39 is 0 Å². The first-order valence-corrected chi connectivity index (χ1v) is 10.1. The van der Waals surface area contributed by atoms with Crippen molar-refractivity contribution in [2.24, 2.45) is 0 Å². The third-order valence-corrected chi connectivity index (χ3v) is 4.93. The summed E-state index contributed by atoms with van der Waals surface area (Å²) < 4.78 is 11.5. The van der Waals surface area contributed by atoms with Crippen LogP contribution in [-0.2, 0) is 11.2 Å². The van der Waals surface area contributed by atoms with E-state index in [1.165, 1.54) is 6.20 Å². The number of benzene rings is 2. The Labute approximate surface area is 180 Å². The molecule has 0 bridgehead atoms. The normalized spacial score (nSPS) is 12.2. The van der Waals surface area contributed by atoms with Crippen molar-refractivity contribution < 1.29 is 19.1 Å². The Kier molecular flexibility index (Phi) is 6.12. The summed E-state index contributed by atoms with van der Waals surface area (Å²) in [6.07, 6.45) is 2.33. The zero-order valence-electron chi connectivity index (χ0n) is 17.2. The van der Waals surface area contributed by atoms with Gasteiger partial charge in [0.15, 0.2) is 0 Å². The van der Waals surface area contributed by atoms with E-state index in [0.29, 0.717) is 31.2 Å². The number of nitrogens with zero attached hydrogens (tertiary/aromatic N) is 2. The molecule has 0 saturated carbocycles. The van der Waals surface area contributed by atoms with Gasteiger partial charge < -0.3 is 19.7 Å². The molecule has 2 heterocycles. The van der Waals surface area contributed by atoms with Gasteiger partial charge >= 0.3 is 0 Å². The molecular weight excluding hydrogens is 394 g/mol. The summed E-state index contributed by atoms with van der Waals surface area (Å²) >= 11 is 0. The van der Waals surface area contributed by atoms with Crippen molar-refractivity contribution in [3.63, 3.8) is 0 Å². The standard InChI is InChI=1S/C24H23N3O4/c1-17(28)27-13-10-18-15-20(7-8-23(18)27)31-21-9-11-25-22(16-21)24(29)26-12-14-30-19-5-3-2-4-6-19/h2-9,11,15-16H,10,12-14H2,1H3,(H,26,29). The van der Waals surface area contributed by atoms with Gasteiger partial charge in [-0.25, -0.2) is 0 Å². The van der Waals surface area contributed by atoms with Crippen LogP contribution in [0.25, 0.3) is 0 Å². The van der Waals surface area contributed by atoms with Crippen LogP contribution in [0.3, 0.4) is 0 Å². The molecule has 158 valence electrons. The fraction of sp³-hybridized carbons (Fsp3) is 0.208. The molecule has 0 radical (unpaired) electrons. The predicted octanol–water partition coefficient (Wildman–Crippen LogP) is 3.59. The average molecular weight is 417 g/mol. The molecule has 0 fully saturated rings. The minimum absolute atomic E-state index is 0.0337. The second-order valence-corrected chi connectivity index (χ2v) is 7.11. The number of fused-ring (bicyclic) bond motifs is 1. The molecule has 1 aliphatic heterocycles. The van der Waals surface area contributed by atoms with Crippen LogP contribution >= 0.6 is 0 Å². The van der Waals surface area contributed by atoms with Crippen molar-refractivity contribution in [1.29, 1.82) is 0 Å². The molecule has 7 nitrogen and oxygen atoms in total. The van der Waals surface area contributed by atoms with Gasteiger partial charge in [0.05, 0.1) is 6.54 Å². The summed E-state index contributed by atoms with van der Waals surface area (Å²) in [7, 11) is 0. The lowest BCUT2D eigenvalue weighted by atomic mass is 10.1. The molecule has 0 spiro atoms. The number of anilines is 1. The molecule has 2 amide bonds. The molecule has 3 aromatic rings. The Morgan fingerprint density at radius 3 is 2.65 bits per heavy atom. The first-order valence-electron chi connectivity index (χ1n) is 10.1. The smallest absolute Gasteiger partial charge is 0.270 e. The Bertz CT molecular complexity index is 1090. The van der Waals surface area contributed by atoms with Gasteiger partial charge in [0.1, 0.15) is 29.5 Å². The minimum Gasteiger partial charge on any atom is -0.492 e. The molecule has 2 aromatic carbocycles. The third-order valence-electron chi connectivity index (χ3n) is 4.93. The zero-order valence-corrected chi connectivity index (χ0v) is 17.2. The van der Waals surface area contributed by atoms with Crippen molar-refractivity contribution in [2.75, 3.05) is 24.6 Å². The number of aromatic nitrogens is 1. The zero-order chi connectivity index (χ0) is 21.6. The van der Waals surface area contributed by atoms with Gasteiger partial charge in [-0.2, -0.15) is 0 Å². The van der Waals surface area contributed by atoms with E-state index in [9.17, 15) is 9.59 Å². The maximum Gasteiger partial charge on any atom is 0.270 e. The quantitative estimate of drug-likeness (QED) is 0.594. The molecule has 1 aliphatic rings. The number of amides is 2. The molecule has 0 saturated heterocycles. The van der Waals surface area contributed by atoms with E-state index in [-0.39, 0.29) is 17.5 Å². The van der Waals surface area contributed by atoms with Crippen molar-refractivity contribution in [3.05, 3.63) is 78.1 Å².